The Labute approximate surface area is 99.0 Å². The number of carbonyl (C=O) groups excluding carboxylic acids is 1. The molecule has 0 aliphatic rings. The second-order valence-electron chi connectivity index (χ2n) is 4.23. The third-order valence-electron chi connectivity index (χ3n) is 2.47. The van der Waals surface area contributed by atoms with Gasteiger partial charge >= 0.3 is 0 Å². The molecule has 1 rings (SSSR count). The molecule has 0 aliphatic heterocycles. The zero-order chi connectivity index (χ0) is 12.3. The van der Waals surface area contributed by atoms with Gasteiger partial charge in [-0.3, -0.25) is 9.59 Å². The van der Waals surface area contributed by atoms with E-state index in [1.54, 1.807) is 13.0 Å². The van der Waals surface area contributed by atoms with E-state index in [0.29, 0.717) is 5.56 Å². The Hall–Kier alpha value is -1.29. The van der Waals surface area contributed by atoms with Gasteiger partial charge in [0.15, 0.2) is 0 Å². The fourth-order valence-corrected chi connectivity index (χ4v) is 1.10. The van der Waals surface area contributed by atoms with Crippen LogP contribution in [0.4, 0.5) is 0 Å². The van der Waals surface area contributed by atoms with Crippen LogP contribution in [0.2, 0.25) is 0 Å². The second-order valence-corrected chi connectivity index (χ2v) is 4.89. The van der Waals surface area contributed by atoms with Crippen molar-refractivity contribution in [3.8, 4) is 0 Å². The average molecular weight is 243 g/mol. The van der Waals surface area contributed by atoms with Crippen molar-refractivity contribution in [2.75, 3.05) is 0 Å². The summed E-state index contributed by atoms with van der Waals surface area (Å²) < 4.78 is 0. The van der Waals surface area contributed by atoms with E-state index in [9.17, 15) is 9.59 Å². The molecule has 0 aromatic carbocycles. The highest BCUT2D eigenvalue weighted by atomic mass is 35.5. The molecule has 2 N–H and O–H groups in total. The molecule has 0 radical (unpaired) electrons. The minimum Gasteiger partial charge on any atom is -0.346 e. The molecule has 1 aromatic heterocycles. The third-order valence-corrected chi connectivity index (χ3v) is 3.01. The number of pyridine rings is 1. The number of aromatic nitrogens is 1. The molecule has 4 nitrogen and oxygen atoms in total. The predicted octanol–water partition coefficient (Wildman–Crippen LogP) is 1.51. The van der Waals surface area contributed by atoms with Gasteiger partial charge in [0.05, 0.1) is 10.9 Å². The lowest BCUT2D eigenvalue weighted by Gasteiger charge is -2.28. The maximum atomic E-state index is 11.8. The monoisotopic (exact) mass is 242 g/mol. The van der Waals surface area contributed by atoms with Gasteiger partial charge in [-0.15, -0.1) is 11.6 Å². The van der Waals surface area contributed by atoms with E-state index < -0.39 is 5.54 Å². The standard InChI is InChI=1S/C11H15ClN2O2/c1-7(12)11(2,3)14-10(16)8-4-5-13-9(15)6-8/h4-7H,1-3H3,(H,13,15)(H,14,16). The lowest BCUT2D eigenvalue weighted by Crippen LogP contribution is -2.49. The number of H-pyrrole nitrogens is 1. The highest BCUT2D eigenvalue weighted by Gasteiger charge is 2.26. The zero-order valence-electron chi connectivity index (χ0n) is 9.50. The first-order valence-electron chi connectivity index (χ1n) is 4.98. The molecule has 0 saturated heterocycles. The van der Waals surface area contributed by atoms with Crippen molar-refractivity contribution in [3.05, 3.63) is 34.2 Å². The first kappa shape index (κ1) is 12.8. The predicted molar refractivity (Wildman–Crippen MR) is 63.9 cm³/mol. The van der Waals surface area contributed by atoms with E-state index in [0.717, 1.165) is 0 Å². The molecule has 0 saturated carbocycles. The summed E-state index contributed by atoms with van der Waals surface area (Å²) >= 11 is 5.95. The Bertz CT molecular complexity index is 438. The van der Waals surface area contributed by atoms with Crippen molar-refractivity contribution >= 4 is 17.5 Å². The van der Waals surface area contributed by atoms with E-state index in [-0.39, 0.29) is 16.8 Å². The van der Waals surface area contributed by atoms with Crippen molar-refractivity contribution in [3.63, 3.8) is 0 Å². The highest BCUT2D eigenvalue weighted by Crippen LogP contribution is 2.15. The molecule has 0 bridgehead atoms. The number of amides is 1. The number of carbonyl (C=O) groups is 1. The van der Waals surface area contributed by atoms with Crippen molar-refractivity contribution in [1.29, 1.82) is 0 Å². The summed E-state index contributed by atoms with van der Waals surface area (Å²) in [6.07, 6.45) is 1.44. The van der Waals surface area contributed by atoms with E-state index in [1.165, 1.54) is 12.3 Å². The molecular weight excluding hydrogens is 228 g/mol. The van der Waals surface area contributed by atoms with Crippen molar-refractivity contribution in [1.82, 2.24) is 10.3 Å². The van der Waals surface area contributed by atoms with E-state index >= 15 is 0 Å². The first-order valence-corrected chi connectivity index (χ1v) is 5.42. The number of hydrogen-bond acceptors (Lipinski definition) is 2. The third kappa shape index (κ3) is 3.10. The summed E-state index contributed by atoms with van der Waals surface area (Å²) in [5.74, 6) is -0.302. The summed E-state index contributed by atoms with van der Waals surface area (Å²) in [6.45, 7) is 5.46. The molecular formula is C11H15ClN2O2. The summed E-state index contributed by atoms with van der Waals surface area (Å²) in [5, 5.41) is 2.57. The number of alkyl halides is 1. The Balaban J connectivity index is 2.85. The van der Waals surface area contributed by atoms with Gasteiger partial charge in [0.2, 0.25) is 5.56 Å². The van der Waals surface area contributed by atoms with Gasteiger partial charge in [-0.05, 0) is 26.8 Å². The number of rotatable bonds is 3. The number of halogens is 1. The van der Waals surface area contributed by atoms with Crippen LogP contribution in [-0.2, 0) is 0 Å². The van der Waals surface area contributed by atoms with E-state index in [4.69, 9.17) is 11.6 Å². The summed E-state index contributed by atoms with van der Waals surface area (Å²) in [6, 6.07) is 2.80. The van der Waals surface area contributed by atoms with E-state index in [2.05, 4.69) is 10.3 Å². The van der Waals surface area contributed by atoms with Crippen LogP contribution in [0.3, 0.4) is 0 Å². The maximum absolute atomic E-state index is 11.8. The quantitative estimate of drug-likeness (QED) is 0.790. The Morgan fingerprint density at radius 1 is 1.56 bits per heavy atom. The highest BCUT2D eigenvalue weighted by molar-refractivity contribution is 6.21. The van der Waals surface area contributed by atoms with Gasteiger partial charge in [-0.2, -0.15) is 0 Å². The van der Waals surface area contributed by atoms with Crippen LogP contribution in [0.5, 0.6) is 0 Å². The van der Waals surface area contributed by atoms with Crippen LogP contribution >= 0.6 is 11.6 Å². The first-order chi connectivity index (χ1) is 7.33. The Kier molecular flexibility index (Phi) is 3.75. The van der Waals surface area contributed by atoms with Gasteiger partial charge in [-0.1, -0.05) is 0 Å². The normalized spacial score (nSPS) is 13.2. The van der Waals surface area contributed by atoms with Crippen LogP contribution in [0.15, 0.2) is 23.1 Å². The molecule has 1 amide bonds. The molecule has 1 aromatic rings. The lowest BCUT2D eigenvalue weighted by molar-refractivity contribution is 0.0912. The van der Waals surface area contributed by atoms with Gasteiger partial charge in [-0.25, -0.2) is 0 Å². The average Bonchev–Trinajstić information content (AvgIpc) is 2.16. The van der Waals surface area contributed by atoms with Crippen molar-refractivity contribution < 1.29 is 4.79 Å². The van der Waals surface area contributed by atoms with Crippen LogP contribution in [0.1, 0.15) is 31.1 Å². The molecule has 88 valence electrons. The molecule has 1 atom stereocenters. The maximum Gasteiger partial charge on any atom is 0.251 e. The molecule has 5 heteroatoms. The molecule has 1 heterocycles. The van der Waals surface area contributed by atoms with Gasteiger partial charge in [0, 0.05) is 17.8 Å². The second kappa shape index (κ2) is 4.70. The Morgan fingerprint density at radius 3 is 2.69 bits per heavy atom. The molecule has 1 unspecified atom stereocenters. The van der Waals surface area contributed by atoms with Crippen LogP contribution in [0.25, 0.3) is 0 Å². The summed E-state index contributed by atoms with van der Waals surface area (Å²) in [4.78, 5) is 25.3. The number of nitrogens with one attached hydrogen (secondary N) is 2. The fraction of sp³-hybridized carbons (Fsp3) is 0.455. The fourth-order valence-electron chi connectivity index (χ4n) is 1.05. The van der Waals surface area contributed by atoms with Gasteiger partial charge < -0.3 is 10.3 Å². The smallest absolute Gasteiger partial charge is 0.251 e. The van der Waals surface area contributed by atoms with Crippen molar-refractivity contribution in [2.45, 2.75) is 31.7 Å². The zero-order valence-corrected chi connectivity index (χ0v) is 10.3. The number of hydrogen-bond donors (Lipinski definition) is 2. The van der Waals surface area contributed by atoms with E-state index in [1.807, 2.05) is 13.8 Å². The summed E-state index contributed by atoms with van der Waals surface area (Å²) in [7, 11) is 0. The van der Waals surface area contributed by atoms with Crippen molar-refractivity contribution in [2.24, 2.45) is 0 Å². The van der Waals surface area contributed by atoms with Gasteiger partial charge in [0.1, 0.15) is 0 Å². The minimum atomic E-state index is -0.527. The largest absolute Gasteiger partial charge is 0.346 e. The molecule has 16 heavy (non-hydrogen) atoms. The van der Waals surface area contributed by atoms with Crippen LogP contribution in [0, 0.1) is 0 Å². The van der Waals surface area contributed by atoms with Crippen LogP contribution in [-0.4, -0.2) is 21.8 Å². The summed E-state index contributed by atoms with van der Waals surface area (Å²) in [5.41, 5.74) is -0.500. The number of aromatic amines is 1. The molecule has 0 spiro atoms. The van der Waals surface area contributed by atoms with Crippen LogP contribution < -0.4 is 10.9 Å². The molecule has 0 fully saturated rings. The lowest BCUT2D eigenvalue weighted by atomic mass is 10.0. The topological polar surface area (TPSA) is 62.0 Å². The van der Waals surface area contributed by atoms with Gasteiger partial charge in [0.25, 0.3) is 5.91 Å². The SMILES string of the molecule is CC(Cl)C(C)(C)NC(=O)c1cc[nH]c(=O)c1. The Morgan fingerprint density at radius 2 is 2.19 bits per heavy atom. The molecule has 0 aliphatic carbocycles. The minimum absolute atomic E-state index is 0.210.